The van der Waals surface area contributed by atoms with Gasteiger partial charge in [0.05, 0.1) is 6.61 Å². The number of hydrogen-bond acceptors (Lipinski definition) is 7. The van der Waals surface area contributed by atoms with E-state index in [1.54, 1.807) is 20.8 Å². The van der Waals surface area contributed by atoms with Gasteiger partial charge in [0.25, 0.3) is 5.91 Å². The molecule has 1 fully saturated rings. The van der Waals surface area contributed by atoms with Crippen molar-refractivity contribution in [2.75, 3.05) is 26.9 Å². The van der Waals surface area contributed by atoms with Crippen LogP contribution in [0.2, 0.25) is 0 Å². The lowest BCUT2D eigenvalue weighted by atomic mass is 10.1. The monoisotopic (exact) mass is 461 g/mol. The number of methoxy groups -OCH3 is 1. The molecule has 1 heterocycles. The molecule has 0 aromatic rings. The molecule has 9 nitrogen and oxygen atoms in total. The highest BCUT2D eigenvalue weighted by Gasteiger charge is 2.34. The smallest absolute Gasteiger partial charge is 0.408 e. The second-order valence-electron chi connectivity index (χ2n) is 7.19. The summed E-state index contributed by atoms with van der Waals surface area (Å²) in [6.07, 6.45) is 0.230. The molecule has 28 heavy (non-hydrogen) atoms. The number of alkyl halides is 3. The number of ether oxygens (including phenoxy) is 3. The molecule has 162 valence electrons. The number of hydrogen-bond donors (Lipinski definition) is 2. The summed E-state index contributed by atoms with van der Waals surface area (Å²) in [5.74, 6) is -1.13. The average molecular weight is 463 g/mol. The molecular weight excluding hydrogens is 437 g/mol. The maximum Gasteiger partial charge on any atom is 0.408 e. The minimum Gasteiger partial charge on any atom is -0.460 e. The summed E-state index contributed by atoms with van der Waals surface area (Å²) in [7, 11) is 1.40. The van der Waals surface area contributed by atoms with E-state index in [0.29, 0.717) is 19.4 Å². The topological polar surface area (TPSA) is 106 Å². The second-order valence-corrected chi connectivity index (χ2v) is 9.71. The molecule has 0 spiro atoms. The van der Waals surface area contributed by atoms with Gasteiger partial charge in [-0.25, -0.2) is 10.2 Å². The largest absolute Gasteiger partial charge is 0.460 e. The van der Waals surface area contributed by atoms with E-state index in [4.69, 9.17) is 49.0 Å². The highest BCUT2D eigenvalue weighted by atomic mass is 35.6. The quantitative estimate of drug-likeness (QED) is 0.459. The van der Waals surface area contributed by atoms with Crippen LogP contribution in [0.25, 0.3) is 0 Å². The molecule has 0 saturated carbocycles. The average Bonchev–Trinajstić information content (AvgIpc) is 2.56. The fourth-order valence-corrected chi connectivity index (χ4v) is 2.51. The molecule has 1 aliphatic heterocycles. The number of carbonyl (C=O) groups excluding carboxylic acids is 3. The van der Waals surface area contributed by atoms with E-state index >= 15 is 0 Å². The molecule has 1 aliphatic rings. The molecule has 0 radical (unpaired) electrons. The van der Waals surface area contributed by atoms with Gasteiger partial charge in [-0.2, -0.15) is 0 Å². The van der Waals surface area contributed by atoms with Crippen LogP contribution in [0.5, 0.6) is 0 Å². The van der Waals surface area contributed by atoms with Crippen molar-refractivity contribution in [1.82, 2.24) is 15.8 Å². The Morgan fingerprint density at radius 1 is 1.25 bits per heavy atom. The van der Waals surface area contributed by atoms with E-state index in [1.165, 1.54) is 12.1 Å². The molecule has 12 heteroatoms. The van der Waals surface area contributed by atoms with Crippen LogP contribution in [0.3, 0.4) is 0 Å². The predicted octanol–water partition coefficient (Wildman–Crippen LogP) is 1.94. The van der Waals surface area contributed by atoms with E-state index in [1.807, 2.05) is 0 Å². The minimum atomic E-state index is -1.72. The van der Waals surface area contributed by atoms with Gasteiger partial charge in [0.15, 0.2) is 0 Å². The van der Waals surface area contributed by atoms with E-state index in [-0.39, 0.29) is 6.61 Å². The summed E-state index contributed by atoms with van der Waals surface area (Å²) < 4.78 is 13.4. The first kappa shape index (κ1) is 25.0. The first-order valence-corrected chi connectivity index (χ1v) is 9.75. The summed E-state index contributed by atoms with van der Waals surface area (Å²) in [5.41, 5.74) is 2.07. The lowest BCUT2D eigenvalue weighted by Crippen LogP contribution is -2.61. The van der Waals surface area contributed by atoms with E-state index < -0.39 is 46.1 Å². The first-order chi connectivity index (χ1) is 12.8. The highest BCUT2D eigenvalue weighted by Crippen LogP contribution is 2.26. The number of carbonyl (C=O) groups is 3. The van der Waals surface area contributed by atoms with Crippen molar-refractivity contribution in [3.8, 4) is 0 Å². The second kappa shape index (κ2) is 10.7. The zero-order valence-corrected chi connectivity index (χ0v) is 18.5. The number of alkyl carbamates (subject to hydrolysis) is 1. The van der Waals surface area contributed by atoms with Crippen molar-refractivity contribution < 1.29 is 28.6 Å². The van der Waals surface area contributed by atoms with Gasteiger partial charge in [-0.3, -0.25) is 14.6 Å². The Balaban J connectivity index is 2.70. The third kappa shape index (κ3) is 9.47. The van der Waals surface area contributed by atoms with Gasteiger partial charge in [-0.15, -0.1) is 0 Å². The normalized spacial score (nSPS) is 19.0. The van der Waals surface area contributed by atoms with E-state index in [0.717, 1.165) is 0 Å². The molecule has 1 rings (SSSR count). The minimum absolute atomic E-state index is 0.0708. The number of halogens is 3. The van der Waals surface area contributed by atoms with Gasteiger partial charge in [-0.05, 0) is 33.6 Å². The molecule has 0 aromatic carbocycles. The third-order valence-electron chi connectivity index (χ3n) is 3.44. The van der Waals surface area contributed by atoms with Crippen molar-refractivity contribution >= 4 is 52.8 Å². The molecule has 2 amide bonds. The molecule has 0 unspecified atom stereocenters. The van der Waals surface area contributed by atoms with Crippen LogP contribution >= 0.6 is 34.8 Å². The van der Waals surface area contributed by atoms with E-state index in [2.05, 4.69) is 10.7 Å². The molecule has 0 aliphatic carbocycles. The van der Waals surface area contributed by atoms with Gasteiger partial charge in [0, 0.05) is 13.7 Å². The van der Waals surface area contributed by atoms with Crippen molar-refractivity contribution in [2.45, 2.75) is 55.1 Å². The summed E-state index contributed by atoms with van der Waals surface area (Å²) >= 11 is 16.7. The first-order valence-electron chi connectivity index (χ1n) is 8.62. The molecule has 2 atom stereocenters. The van der Waals surface area contributed by atoms with Crippen LogP contribution in [0.15, 0.2) is 0 Å². The summed E-state index contributed by atoms with van der Waals surface area (Å²) in [6.45, 7) is 4.98. The molecular formula is C16H26Cl3N3O6. The maximum absolute atomic E-state index is 12.8. The number of esters is 1. The SMILES string of the molecule is COC[C@H](NC(=O)OC(C)(C)C)C(=O)N1CCC[C@@H](C(=O)OCC(Cl)(Cl)Cl)N1. The van der Waals surface area contributed by atoms with Crippen LogP contribution in [-0.4, -0.2) is 71.3 Å². The maximum atomic E-state index is 12.8. The number of nitrogens with zero attached hydrogens (tertiary/aromatic N) is 1. The standard InChI is InChI=1S/C16H26Cl3N3O6/c1-15(2,3)28-14(25)20-11(8-26-4)12(23)22-7-5-6-10(21-22)13(24)27-9-16(17,18)19/h10-11,21H,5-9H2,1-4H3,(H,20,25)/t10-,11-/m0/s1. The Kier molecular flexibility index (Phi) is 9.55. The van der Waals surface area contributed by atoms with Gasteiger partial charge >= 0.3 is 12.1 Å². The van der Waals surface area contributed by atoms with Crippen LogP contribution in [0, 0.1) is 0 Å². The van der Waals surface area contributed by atoms with Crippen LogP contribution < -0.4 is 10.7 Å². The van der Waals surface area contributed by atoms with Gasteiger partial charge in [0.1, 0.15) is 24.3 Å². The van der Waals surface area contributed by atoms with Crippen molar-refractivity contribution in [2.24, 2.45) is 0 Å². The highest BCUT2D eigenvalue weighted by molar-refractivity contribution is 6.67. The van der Waals surface area contributed by atoms with Crippen LogP contribution in [-0.2, 0) is 23.8 Å². The van der Waals surface area contributed by atoms with Gasteiger partial charge in [0.2, 0.25) is 3.79 Å². The van der Waals surface area contributed by atoms with Gasteiger partial charge in [-0.1, -0.05) is 34.8 Å². The number of hydrazine groups is 1. The Labute approximate surface area is 179 Å². The summed E-state index contributed by atoms with van der Waals surface area (Å²) in [6, 6.07) is -1.78. The third-order valence-corrected chi connectivity index (χ3v) is 3.76. The lowest BCUT2D eigenvalue weighted by Gasteiger charge is -2.35. The van der Waals surface area contributed by atoms with Crippen molar-refractivity contribution in [3.63, 3.8) is 0 Å². The molecule has 2 N–H and O–H groups in total. The van der Waals surface area contributed by atoms with E-state index in [9.17, 15) is 14.4 Å². The van der Waals surface area contributed by atoms with Crippen molar-refractivity contribution in [1.29, 1.82) is 0 Å². The molecule has 0 aromatic heterocycles. The molecule has 1 saturated heterocycles. The van der Waals surface area contributed by atoms with Crippen LogP contribution in [0.1, 0.15) is 33.6 Å². The zero-order valence-electron chi connectivity index (χ0n) is 16.2. The lowest BCUT2D eigenvalue weighted by molar-refractivity contribution is -0.152. The number of rotatable bonds is 6. The number of amides is 2. The summed E-state index contributed by atoms with van der Waals surface area (Å²) in [5, 5.41) is 3.72. The Morgan fingerprint density at radius 2 is 1.89 bits per heavy atom. The molecule has 0 bridgehead atoms. The summed E-state index contributed by atoms with van der Waals surface area (Å²) in [4.78, 5) is 36.9. The fourth-order valence-electron chi connectivity index (χ4n) is 2.35. The Morgan fingerprint density at radius 3 is 2.43 bits per heavy atom. The Hall–Kier alpha value is -1.00. The predicted molar refractivity (Wildman–Crippen MR) is 104 cm³/mol. The zero-order chi connectivity index (χ0) is 21.5. The van der Waals surface area contributed by atoms with Crippen molar-refractivity contribution in [3.05, 3.63) is 0 Å². The number of nitrogens with one attached hydrogen (secondary N) is 2. The van der Waals surface area contributed by atoms with Crippen LogP contribution in [0.4, 0.5) is 4.79 Å². The Bertz CT molecular complexity index is 565. The fraction of sp³-hybridized carbons (Fsp3) is 0.812. The van der Waals surface area contributed by atoms with Gasteiger partial charge < -0.3 is 19.5 Å².